The van der Waals surface area contributed by atoms with Gasteiger partial charge in [0.15, 0.2) is 5.75 Å². The minimum atomic E-state index is -0.380. The summed E-state index contributed by atoms with van der Waals surface area (Å²) in [6, 6.07) is 5.34. The molecule has 0 fully saturated rings. The van der Waals surface area contributed by atoms with Crippen molar-refractivity contribution in [3.8, 4) is 5.75 Å². The van der Waals surface area contributed by atoms with Gasteiger partial charge in [-0.05, 0) is 51.7 Å². The van der Waals surface area contributed by atoms with Crippen LogP contribution in [0.5, 0.6) is 5.75 Å². The van der Waals surface area contributed by atoms with Gasteiger partial charge in [-0.15, -0.1) is 0 Å². The van der Waals surface area contributed by atoms with Crippen LogP contribution >= 0.6 is 0 Å². The van der Waals surface area contributed by atoms with Gasteiger partial charge < -0.3 is 10.1 Å². The third kappa shape index (κ3) is 5.61. The second-order valence-corrected chi connectivity index (χ2v) is 6.09. The molecule has 1 rings (SSSR count). The number of nitro benzene ring substituents is 1. The van der Waals surface area contributed by atoms with Crippen molar-refractivity contribution >= 4 is 11.4 Å². The van der Waals surface area contributed by atoms with Crippen LogP contribution in [0.2, 0.25) is 0 Å². The summed E-state index contributed by atoms with van der Waals surface area (Å²) in [7, 11) is 0. The van der Waals surface area contributed by atoms with Crippen molar-refractivity contribution < 1.29 is 9.66 Å². The maximum atomic E-state index is 11.4. The van der Waals surface area contributed by atoms with Crippen molar-refractivity contribution in [2.75, 3.05) is 5.32 Å². The highest BCUT2D eigenvalue weighted by Gasteiger charge is 2.22. The van der Waals surface area contributed by atoms with Crippen molar-refractivity contribution in [1.82, 2.24) is 0 Å². The summed E-state index contributed by atoms with van der Waals surface area (Å²) in [5, 5.41) is 14.6. The molecule has 0 bridgehead atoms. The zero-order chi connectivity index (χ0) is 16.0. The number of rotatable bonds is 8. The number of hydrogen-bond donors (Lipinski definition) is 1. The molecular weight excluding hydrogens is 268 g/mol. The van der Waals surface area contributed by atoms with E-state index in [-0.39, 0.29) is 22.8 Å². The van der Waals surface area contributed by atoms with Gasteiger partial charge in [0.25, 0.3) is 0 Å². The number of anilines is 1. The van der Waals surface area contributed by atoms with Crippen molar-refractivity contribution in [2.45, 2.75) is 59.6 Å². The molecule has 0 spiro atoms. The summed E-state index contributed by atoms with van der Waals surface area (Å²) in [6.45, 7) is 10.1. The molecule has 1 unspecified atom stereocenters. The molecule has 0 amide bonds. The molecule has 118 valence electrons. The van der Waals surface area contributed by atoms with E-state index in [0.29, 0.717) is 17.4 Å². The highest BCUT2D eigenvalue weighted by Crippen LogP contribution is 2.36. The summed E-state index contributed by atoms with van der Waals surface area (Å²) in [4.78, 5) is 11.0. The van der Waals surface area contributed by atoms with Crippen LogP contribution in [0.25, 0.3) is 0 Å². The average Bonchev–Trinajstić information content (AvgIpc) is 2.35. The van der Waals surface area contributed by atoms with Gasteiger partial charge in [0.2, 0.25) is 0 Å². The molecule has 0 aliphatic heterocycles. The topological polar surface area (TPSA) is 64.4 Å². The smallest absolute Gasteiger partial charge is 0.333 e. The lowest BCUT2D eigenvalue weighted by atomic mass is 10.0. The summed E-state index contributed by atoms with van der Waals surface area (Å²) in [6.07, 6.45) is 1.96. The van der Waals surface area contributed by atoms with Crippen molar-refractivity contribution in [3.05, 3.63) is 28.3 Å². The first-order chi connectivity index (χ1) is 9.81. The van der Waals surface area contributed by atoms with Gasteiger partial charge in [0.1, 0.15) is 5.69 Å². The Morgan fingerprint density at radius 3 is 2.38 bits per heavy atom. The summed E-state index contributed by atoms with van der Waals surface area (Å²) in [5.74, 6) is 0.941. The van der Waals surface area contributed by atoms with Crippen molar-refractivity contribution in [1.29, 1.82) is 0 Å². The number of para-hydroxylation sites is 1. The molecular formula is C16H26N2O3. The third-order valence-corrected chi connectivity index (χ3v) is 3.12. The molecule has 0 radical (unpaired) electrons. The molecule has 1 N–H and O–H groups in total. The maximum Gasteiger partial charge on any atom is 0.333 e. The Morgan fingerprint density at radius 1 is 1.19 bits per heavy atom. The summed E-state index contributed by atoms with van der Waals surface area (Å²) >= 11 is 0. The Kier molecular flexibility index (Phi) is 6.46. The van der Waals surface area contributed by atoms with Gasteiger partial charge in [-0.3, -0.25) is 10.1 Å². The standard InChI is InChI=1S/C16H26N2O3/c1-11(2)9-10-13(5)17-14-7-6-8-15(21-12(3)4)16(14)18(19)20/h6-8,11-13,17H,9-10H2,1-5H3. The Hall–Kier alpha value is -1.78. The first-order valence-corrected chi connectivity index (χ1v) is 7.51. The van der Waals surface area contributed by atoms with E-state index in [9.17, 15) is 10.1 Å². The van der Waals surface area contributed by atoms with Crippen LogP contribution in [-0.2, 0) is 0 Å². The van der Waals surface area contributed by atoms with Crippen LogP contribution in [0, 0.1) is 16.0 Å². The molecule has 5 heteroatoms. The Balaban J connectivity index is 2.93. The maximum absolute atomic E-state index is 11.4. The number of ether oxygens (including phenoxy) is 1. The molecule has 0 saturated carbocycles. The SMILES string of the molecule is CC(C)CCC(C)Nc1cccc(OC(C)C)c1[N+](=O)[O-]. The number of hydrogen-bond acceptors (Lipinski definition) is 4. The monoisotopic (exact) mass is 294 g/mol. The fourth-order valence-electron chi connectivity index (χ4n) is 2.10. The Morgan fingerprint density at radius 2 is 1.86 bits per heavy atom. The fourth-order valence-corrected chi connectivity index (χ4v) is 2.10. The fraction of sp³-hybridized carbons (Fsp3) is 0.625. The van der Waals surface area contributed by atoms with Crippen LogP contribution in [0.4, 0.5) is 11.4 Å². The van der Waals surface area contributed by atoms with Gasteiger partial charge in [0, 0.05) is 6.04 Å². The first kappa shape index (κ1) is 17.3. The van der Waals surface area contributed by atoms with Crippen LogP contribution in [0.15, 0.2) is 18.2 Å². The lowest BCUT2D eigenvalue weighted by Gasteiger charge is -2.18. The number of nitro groups is 1. The molecule has 1 atom stereocenters. The molecule has 21 heavy (non-hydrogen) atoms. The number of nitrogens with zero attached hydrogens (tertiary/aromatic N) is 1. The van der Waals surface area contributed by atoms with E-state index < -0.39 is 0 Å². The predicted octanol–water partition coefficient (Wildman–Crippen LogP) is 4.62. The molecule has 0 heterocycles. The van der Waals surface area contributed by atoms with Gasteiger partial charge in [0.05, 0.1) is 11.0 Å². The van der Waals surface area contributed by atoms with Crippen molar-refractivity contribution in [2.24, 2.45) is 5.92 Å². The minimum absolute atomic E-state index is 0.0163. The molecule has 1 aromatic rings. The zero-order valence-electron chi connectivity index (χ0n) is 13.6. The predicted molar refractivity (Wildman–Crippen MR) is 86.0 cm³/mol. The first-order valence-electron chi connectivity index (χ1n) is 7.51. The Labute approximate surface area is 126 Å². The Bertz CT molecular complexity index is 473. The number of benzene rings is 1. The molecule has 5 nitrogen and oxygen atoms in total. The van der Waals surface area contributed by atoms with Gasteiger partial charge in [-0.1, -0.05) is 19.9 Å². The van der Waals surface area contributed by atoms with E-state index in [4.69, 9.17) is 4.74 Å². The molecule has 1 aromatic carbocycles. The largest absolute Gasteiger partial charge is 0.484 e. The molecule has 0 aromatic heterocycles. The van der Waals surface area contributed by atoms with E-state index in [1.54, 1.807) is 18.2 Å². The minimum Gasteiger partial charge on any atom is -0.484 e. The third-order valence-electron chi connectivity index (χ3n) is 3.12. The highest BCUT2D eigenvalue weighted by atomic mass is 16.6. The van der Waals surface area contributed by atoms with E-state index >= 15 is 0 Å². The average molecular weight is 294 g/mol. The molecule has 0 aliphatic rings. The van der Waals surface area contributed by atoms with Crippen LogP contribution in [0.3, 0.4) is 0 Å². The van der Waals surface area contributed by atoms with Crippen LogP contribution in [0.1, 0.15) is 47.5 Å². The molecule has 0 aliphatic carbocycles. The van der Waals surface area contributed by atoms with Gasteiger partial charge in [-0.2, -0.15) is 0 Å². The second kappa shape index (κ2) is 7.86. The normalized spacial score (nSPS) is 12.5. The zero-order valence-corrected chi connectivity index (χ0v) is 13.6. The molecule has 0 saturated heterocycles. The van der Waals surface area contributed by atoms with Crippen molar-refractivity contribution in [3.63, 3.8) is 0 Å². The van der Waals surface area contributed by atoms with Crippen LogP contribution in [-0.4, -0.2) is 17.1 Å². The quantitative estimate of drug-likeness (QED) is 0.561. The van der Waals surface area contributed by atoms with Crippen LogP contribution < -0.4 is 10.1 Å². The van der Waals surface area contributed by atoms with Gasteiger partial charge >= 0.3 is 5.69 Å². The lowest BCUT2D eigenvalue weighted by molar-refractivity contribution is -0.385. The highest BCUT2D eigenvalue weighted by molar-refractivity contribution is 5.68. The van der Waals surface area contributed by atoms with Gasteiger partial charge in [-0.25, -0.2) is 0 Å². The van der Waals surface area contributed by atoms with E-state index in [2.05, 4.69) is 19.2 Å². The summed E-state index contributed by atoms with van der Waals surface area (Å²) in [5.41, 5.74) is 0.539. The number of nitrogens with one attached hydrogen (secondary N) is 1. The van der Waals surface area contributed by atoms with E-state index in [1.807, 2.05) is 20.8 Å². The second-order valence-electron chi connectivity index (χ2n) is 6.09. The summed E-state index contributed by atoms with van der Waals surface area (Å²) < 4.78 is 5.55. The van der Waals surface area contributed by atoms with E-state index in [1.165, 1.54) is 0 Å². The van der Waals surface area contributed by atoms with E-state index in [0.717, 1.165) is 12.8 Å². The lowest BCUT2D eigenvalue weighted by Crippen LogP contribution is -2.17.